The van der Waals surface area contributed by atoms with Crippen molar-refractivity contribution >= 4 is 22.8 Å². The van der Waals surface area contributed by atoms with Crippen molar-refractivity contribution in [3.8, 4) is 23.0 Å². The van der Waals surface area contributed by atoms with Crippen molar-refractivity contribution in [1.29, 1.82) is 0 Å². The smallest absolute Gasteiger partial charge is 0.213 e. The van der Waals surface area contributed by atoms with Gasteiger partial charge in [-0.3, -0.25) is 9.59 Å². The van der Waals surface area contributed by atoms with Gasteiger partial charge in [0.1, 0.15) is 42.2 Å². The number of hydrogen-bond donors (Lipinski definition) is 5. The number of phenolic OH excluding ortho intramolecular Hbond substituents is 4. The quantitative estimate of drug-likeness (QED) is 0.333. The molecule has 0 spiro atoms. The molecule has 38 heavy (non-hydrogen) atoms. The van der Waals surface area contributed by atoms with Crippen LogP contribution in [-0.4, -0.2) is 69.4 Å². The highest BCUT2D eigenvalue weighted by molar-refractivity contribution is 6.49. The van der Waals surface area contributed by atoms with Gasteiger partial charge in [-0.05, 0) is 38.5 Å². The zero-order chi connectivity index (χ0) is 26.5. The van der Waals surface area contributed by atoms with E-state index in [2.05, 4.69) is 9.48 Å². The van der Waals surface area contributed by atoms with Crippen LogP contribution in [0.25, 0.3) is 5.57 Å². The summed E-state index contributed by atoms with van der Waals surface area (Å²) in [7, 11) is 0. The first-order chi connectivity index (χ1) is 18.3. The van der Waals surface area contributed by atoms with Crippen LogP contribution >= 0.6 is 0 Å². The Morgan fingerprint density at radius 2 is 1.21 bits per heavy atom. The van der Waals surface area contributed by atoms with Gasteiger partial charge in [-0.2, -0.15) is 0 Å². The van der Waals surface area contributed by atoms with Crippen LogP contribution in [0, 0.1) is 0 Å². The SMILES string of the molecule is O=C1C(=c2c(O)c3c4c(c2O)CCC[N+]=4CCC3)C(=O)C(c2c(O)c3c4c(c2O)CCCN4CCC3)C1O. The lowest BCUT2D eigenvalue weighted by molar-refractivity contribution is -0.121. The average Bonchev–Trinajstić information content (AvgIpc) is 3.14. The number of Topliss-reactive ketones (excluding diaryl/α,β-unsaturated/α-hetero) is 2. The number of phenols is 4. The van der Waals surface area contributed by atoms with Crippen LogP contribution in [0.5, 0.6) is 23.0 Å². The van der Waals surface area contributed by atoms with E-state index < -0.39 is 29.2 Å². The van der Waals surface area contributed by atoms with Crippen LogP contribution in [0.3, 0.4) is 0 Å². The van der Waals surface area contributed by atoms with Crippen molar-refractivity contribution in [3.05, 3.63) is 38.4 Å². The lowest BCUT2D eigenvalue weighted by Gasteiger charge is -2.38. The molecule has 198 valence electrons. The Bertz CT molecular complexity index is 1510. The maximum Gasteiger partial charge on any atom is 0.213 e. The second kappa shape index (κ2) is 8.20. The van der Waals surface area contributed by atoms with Crippen molar-refractivity contribution in [3.63, 3.8) is 0 Å². The minimum absolute atomic E-state index is 0.132. The van der Waals surface area contributed by atoms with Gasteiger partial charge in [0.25, 0.3) is 0 Å². The Labute approximate surface area is 218 Å². The van der Waals surface area contributed by atoms with E-state index in [1.165, 1.54) is 0 Å². The first-order valence-electron chi connectivity index (χ1n) is 13.6. The molecule has 1 saturated carbocycles. The zero-order valence-electron chi connectivity index (χ0n) is 21.1. The average molecular weight is 520 g/mol. The molecule has 7 rings (SSSR count). The third-order valence-corrected chi connectivity index (χ3v) is 9.24. The van der Waals surface area contributed by atoms with E-state index in [1.807, 2.05) is 0 Å². The predicted molar refractivity (Wildman–Crippen MR) is 137 cm³/mol. The van der Waals surface area contributed by atoms with E-state index in [9.17, 15) is 35.1 Å². The number of rotatable bonds is 1. The molecule has 4 aliphatic heterocycles. The van der Waals surface area contributed by atoms with Crippen LogP contribution in [0.15, 0.2) is 0 Å². The van der Waals surface area contributed by atoms with Crippen LogP contribution in [0.4, 0.5) is 5.69 Å². The van der Waals surface area contributed by atoms with E-state index >= 15 is 0 Å². The van der Waals surface area contributed by atoms with Crippen molar-refractivity contribution in [2.45, 2.75) is 63.4 Å². The predicted octanol–water partition coefficient (Wildman–Crippen LogP) is 0.0385. The minimum atomic E-state index is -1.86. The molecule has 9 heteroatoms. The van der Waals surface area contributed by atoms with E-state index in [-0.39, 0.29) is 33.8 Å². The molecule has 9 nitrogen and oxygen atoms in total. The molecule has 0 radical (unpaired) electrons. The van der Waals surface area contributed by atoms with Gasteiger partial charge in [0.2, 0.25) is 5.36 Å². The van der Waals surface area contributed by atoms with Gasteiger partial charge >= 0.3 is 0 Å². The number of carbonyl (C=O) groups is 2. The molecule has 0 saturated heterocycles. The Balaban J connectivity index is 1.48. The summed E-state index contributed by atoms with van der Waals surface area (Å²) in [6, 6.07) is 0. The highest BCUT2D eigenvalue weighted by Gasteiger charge is 2.50. The van der Waals surface area contributed by atoms with E-state index in [1.54, 1.807) is 0 Å². The van der Waals surface area contributed by atoms with Crippen LogP contribution in [-0.2, 0) is 35.3 Å². The van der Waals surface area contributed by atoms with Gasteiger partial charge in [-0.1, -0.05) is 0 Å². The van der Waals surface area contributed by atoms with E-state index in [0.29, 0.717) is 47.9 Å². The summed E-state index contributed by atoms with van der Waals surface area (Å²) >= 11 is 0. The highest BCUT2D eigenvalue weighted by atomic mass is 16.3. The van der Waals surface area contributed by atoms with Crippen LogP contribution in [0.2, 0.25) is 0 Å². The third kappa shape index (κ3) is 2.93. The summed E-state index contributed by atoms with van der Waals surface area (Å²) in [6.45, 7) is 3.25. The zero-order valence-corrected chi connectivity index (χ0v) is 21.1. The number of benzene rings is 2. The Morgan fingerprint density at radius 1 is 0.684 bits per heavy atom. The van der Waals surface area contributed by atoms with Crippen molar-refractivity contribution in [1.82, 2.24) is 4.58 Å². The van der Waals surface area contributed by atoms with Crippen LogP contribution < -0.4 is 20.1 Å². The molecule has 2 atom stereocenters. The molecule has 0 bridgehead atoms. The third-order valence-electron chi connectivity index (χ3n) is 9.24. The molecule has 0 aromatic heterocycles. The molecule has 1 fully saturated rings. The van der Waals surface area contributed by atoms with Gasteiger partial charge in [0.05, 0.1) is 39.1 Å². The summed E-state index contributed by atoms with van der Waals surface area (Å²) in [4.78, 5) is 29.5. The van der Waals surface area contributed by atoms with Gasteiger partial charge in [-0.15, -0.1) is 0 Å². The molecule has 2 unspecified atom stereocenters. The topological polar surface area (TPSA) is 142 Å². The van der Waals surface area contributed by atoms with Crippen molar-refractivity contribution < 1.29 is 35.1 Å². The molecule has 1 aliphatic carbocycles. The molecule has 0 amide bonds. The van der Waals surface area contributed by atoms with Gasteiger partial charge < -0.3 is 30.4 Å². The van der Waals surface area contributed by atoms with E-state index in [0.717, 1.165) is 62.9 Å². The number of aromatic hydroxyl groups is 4. The summed E-state index contributed by atoms with van der Waals surface area (Å²) < 4.78 is 2.12. The Hall–Kier alpha value is -3.59. The molecule has 2 aromatic carbocycles. The number of aliphatic hydroxyl groups is 1. The largest absolute Gasteiger partial charge is 0.507 e. The number of aliphatic hydroxyl groups excluding tert-OH is 1. The lowest BCUT2D eigenvalue weighted by Crippen LogP contribution is -2.44. The summed E-state index contributed by atoms with van der Waals surface area (Å²) in [6.07, 6.45) is 3.56. The van der Waals surface area contributed by atoms with E-state index in [4.69, 9.17) is 0 Å². The second-order valence-corrected chi connectivity index (χ2v) is 11.2. The Morgan fingerprint density at radius 3 is 1.76 bits per heavy atom. The first kappa shape index (κ1) is 23.5. The first-order valence-corrected chi connectivity index (χ1v) is 13.6. The van der Waals surface area contributed by atoms with Gasteiger partial charge in [-0.25, -0.2) is 4.58 Å². The summed E-state index contributed by atoms with van der Waals surface area (Å²) in [5.74, 6) is -4.39. The summed E-state index contributed by atoms with van der Waals surface area (Å²) in [5, 5.41) is 56.9. The van der Waals surface area contributed by atoms with Gasteiger partial charge in [0.15, 0.2) is 11.6 Å². The fourth-order valence-electron chi connectivity index (χ4n) is 7.62. The number of nitrogens with zero attached hydrogens (tertiary/aromatic N) is 2. The maximum absolute atomic E-state index is 13.9. The molecular formula is C29H31N2O7+. The fourth-order valence-corrected chi connectivity index (χ4v) is 7.62. The molecule has 5 aliphatic rings. The standard InChI is InChI=1S/C29H30N2O7/c32-23-13-5-1-9-30-10-2-6-14(21(13)30)24(33)17(23)19-27(36)20(29(38)28(19)37)18-25(34)15-7-3-11-31-12-4-8-16(22(15)31)26(18)35/h19,28,37H,1-12H2,(H3,32,33,34,35)/p+1. The molecule has 4 heterocycles. The lowest BCUT2D eigenvalue weighted by atomic mass is 9.83. The molecule has 5 N–H and O–H groups in total. The van der Waals surface area contributed by atoms with Gasteiger partial charge in [0, 0.05) is 37.1 Å². The molecule has 2 aromatic rings. The number of carbonyl (C=O) groups excluding carboxylic acids is 2. The van der Waals surface area contributed by atoms with Crippen molar-refractivity contribution in [2.24, 2.45) is 0 Å². The molecular weight excluding hydrogens is 488 g/mol. The monoisotopic (exact) mass is 519 g/mol. The maximum atomic E-state index is 13.9. The fraction of sp³-hybridized carbons (Fsp3) is 0.483. The number of anilines is 1. The Kier molecular flexibility index (Phi) is 5.08. The van der Waals surface area contributed by atoms with Crippen molar-refractivity contribution in [2.75, 3.05) is 31.1 Å². The van der Waals surface area contributed by atoms with Crippen LogP contribution in [0.1, 0.15) is 59.4 Å². The normalized spacial score (nSPS) is 24.1. The summed E-state index contributed by atoms with van der Waals surface area (Å²) in [5.41, 5.74) is 2.67. The highest BCUT2D eigenvalue weighted by Crippen LogP contribution is 2.52. The number of ketones is 2. The minimum Gasteiger partial charge on any atom is -0.507 e. The second-order valence-electron chi connectivity index (χ2n) is 11.2. The number of hydrogen-bond acceptors (Lipinski definition) is 8.